The van der Waals surface area contributed by atoms with Gasteiger partial charge in [0.1, 0.15) is 0 Å². The first-order valence-corrected chi connectivity index (χ1v) is 9.98. The van der Waals surface area contributed by atoms with Crippen LogP contribution in [0.1, 0.15) is 84.0 Å². The fourth-order valence-corrected chi connectivity index (χ4v) is 2.37. The molecule has 0 amide bonds. The van der Waals surface area contributed by atoms with Crippen LogP contribution in [0.25, 0.3) is 0 Å². The topological polar surface area (TPSA) is 26.3 Å². The van der Waals surface area contributed by atoms with Crippen molar-refractivity contribution in [3.63, 3.8) is 0 Å². The zero-order valence-corrected chi connectivity index (χ0v) is 16.4. The van der Waals surface area contributed by atoms with Crippen LogP contribution >= 0.6 is 0 Å². The van der Waals surface area contributed by atoms with E-state index in [1.807, 2.05) is 0 Å². The van der Waals surface area contributed by atoms with Crippen molar-refractivity contribution in [2.45, 2.75) is 84.0 Å². The molecule has 0 saturated heterocycles. The lowest BCUT2D eigenvalue weighted by molar-refractivity contribution is -0.140. The number of carbonyl (C=O) groups excluding carboxylic acids is 1. The zero-order chi connectivity index (χ0) is 18.4. The van der Waals surface area contributed by atoms with Crippen molar-refractivity contribution in [1.29, 1.82) is 0 Å². The molecule has 0 aromatic carbocycles. The maximum absolute atomic E-state index is 10.9. The van der Waals surface area contributed by atoms with Gasteiger partial charge in [-0.2, -0.15) is 0 Å². The number of rotatable bonds is 16. The van der Waals surface area contributed by atoms with Crippen molar-refractivity contribution in [2.24, 2.45) is 0 Å². The smallest absolute Gasteiger partial charge is 0.305 e. The van der Waals surface area contributed by atoms with E-state index in [9.17, 15) is 4.79 Å². The Morgan fingerprint density at radius 1 is 0.680 bits per heavy atom. The van der Waals surface area contributed by atoms with E-state index < -0.39 is 0 Å². The van der Waals surface area contributed by atoms with Gasteiger partial charge in [0, 0.05) is 6.42 Å². The molecule has 0 radical (unpaired) electrons. The Morgan fingerprint density at radius 3 is 1.64 bits per heavy atom. The minimum Gasteiger partial charge on any atom is -0.469 e. The second-order valence-corrected chi connectivity index (χ2v) is 6.26. The van der Waals surface area contributed by atoms with Crippen LogP contribution in [0, 0.1) is 0 Å². The van der Waals surface area contributed by atoms with Gasteiger partial charge in [-0.25, -0.2) is 0 Å². The first-order valence-electron chi connectivity index (χ1n) is 9.98. The molecular formula is C23H38O2. The Balaban J connectivity index is 3.39. The minimum absolute atomic E-state index is 0.0993. The highest BCUT2D eigenvalue weighted by molar-refractivity contribution is 5.68. The Hall–Kier alpha value is -1.57. The van der Waals surface area contributed by atoms with E-state index in [2.05, 4.69) is 60.3 Å². The van der Waals surface area contributed by atoms with E-state index in [1.54, 1.807) is 0 Å². The van der Waals surface area contributed by atoms with Crippen LogP contribution < -0.4 is 0 Å². The molecule has 0 atom stereocenters. The van der Waals surface area contributed by atoms with Crippen LogP contribution in [-0.2, 0) is 9.53 Å². The number of allylic oxidation sites excluding steroid dienone is 8. The maximum atomic E-state index is 10.9. The molecule has 0 rings (SSSR count). The van der Waals surface area contributed by atoms with Crippen molar-refractivity contribution >= 4 is 5.97 Å². The molecule has 0 aliphatic rings. The summed E-state index contributed by atoms with van der Waals surface area (Å²) in [6.45, 7) is 2.24. The number of methoxy groups -OCH3 is 1. The predicted octanol–water partition coefficient (Wildman–Crippen LogP) is 7.09. The van der Waals surface area contributed by atoms with Gasteiger partial charge in [-0.05, 0) is 51.4 Å². The van der Waals surface area contributed by atoms with E-state index in [0.29, 0.717) is 6.42 Å². The average molecular weight is 347 g/mol. The molecule has 2 nitrogen and oxygen atoms in total. The molecule has 0 spiro atoms. The van der Waals surface area contributed by atoms with E-state index in [1.165, 1.54) is 32.8 Å². The van der Waals surface area contributed by atoms with Crippen molar-refractivity contribution in [3.05, 3.63) is 48.6 Å². The summed E-state index contributed by atoms with van der Waals surface area (Å²) in [6.07, 6.45) is 31.0. The van der Waals surface area contributed by atoms with Gasteiger partial charge in [-0.15, -0.1) is 0 Å². The number of carbonyl (C=O) groups is 1. The zero-order valence-electron chi connectivity index (χ0n) is 16.4. The lowest BCUT2D eigenvalue weighted by Crippen LogP contribution is -1.98. The third-order valence-electron chi connectivity index (χ3n) is 3.94. The molecular weight excluding hydrogens is 308 g/mol. The van der Waals surface area contributed by atoms with Gasteiger partial charge < -0.3 is 4.74 Å². The number of esters is 1. The minimum atomic E-state index is -0.0993. The van der Waals surface area contributed by atoms with Crippen molar-refractivity contribution < 1.29 is 9.53 Å². The molecule has 2 heteroatoms. The first-order chi connectivity index (χ1) is 12.3. The second-order valence-electron chi connectivity index (χ2n) is 6.26. The number of ether oxygens (including phenoxy) is 1. The molecule has 0 N–H and O–H groups in total. The Bertz CT molecular complexity index is 402. The highest BCUT2D eigenvalue weighted by Gasteiger charge is 1.97. The summed E-state index contributed by atoms with van der Waals surface area (Å²) in [5.74, 6) is -0.0993. The van der Waals surface area contributed by atoms with E-state index in [0.717, 1.165) is 44.9 Å². The van der Waals surface area contributed by atoms with Crippen molar-refractivity contribution in [3.8, 4) is 0 Å². The molecule has 25 heavy (non-hydrogen) atoms. The van der Waals surface area contributed by atoms with E-state index >= 15 is 0 Å². The van der Waals surface area contributed by atoms with Crippen LogP contribution in [0.4, 0.5) is 0 Å². The normalized spacial score (nSPS) is 12.2. The third kappa shape index (κ3) is 20.4. The Morgan fingerprint density at radius 2 is 1.16 bits per heavy atom. The molecule has 0 fully saturated rings. The van der Waals surface area contributed by atoms with Gasteiger partial charge in [0.2, 0.25) is 0 Å². The summed E-state index contributed by atoms with van der Waals surface area (Å²) < 4.78 is 4.62. The highest BCUT2D eigenvalue weighted by atomic mass is 16.5. The van der Waals surface area contributed by atoms with Gasteiger partial charge in [0.05, 0.1) is 7.11 Å². The summed E-state index contributed by atoms with van der Waals surface area (Å²) in [4.78, 5) is 10.9. The van der Waals surface area contributed by atoms with Crippen molar-refractivity contribution in [2.75, 3.05) is 7.11 Å². The molecule has 0 heterocycles. The van der Waals surface area contributed by atoms with Crippen LogP contribution in [0.3, 0.4) is 0 Å². The maximum Gasteiger partial charge on any atom is 0.305 e. The third-order valence-corrected chi connectivity index (χ3v) is 3.94. The summed E-state index contributed by atoms with van der Waals surface area (Å²) in [5.41, 5.74) is 0. The van der Waals surface area contributed by atoms with Crippen molar-refractivity contribution in [1.82, 2.24) is 0 Å². The van der Waals surface area contributed by atoms with Gasteiger partial charge in [0.15, 0.2) is 0 Å². The SMILES string of the molecule is CCCCC/C=C\C/C=C\C/C=C\C/C=C\CCCCCC(=O)OC. The Kier molecular flexibility index (Phi) is 19.2. The van der Waals surface area contributed by atoms with E-state index in [4.69, 9.17) is 0 Å². The number of hydrogen-bond donors (Lipinski definition) is 0. The van der Waals surface area contributed by atoms with Gasteiger partial charge in [0.25, 0.3) is 0 Å². The van der Waals surface area contributed by atoms with Gasteiger partial charge >= 0.3 is 5.97 Å². The monoisotopic (exact) mass is 346 g/mol. The summed E-state index contributed by atoms with van der Waals surface area (Å²) in [5, 5.41) is 0. The highest BCUT2D eigenvalue weighted by Crippen LogP contribution is 2.05. The molecule has 0 unspecified atom stereocenters. The molecule has 0 aliphatic carbocycles. The summed E-state index contributed by atoms with van der Waals surface area (Å²) >= 11 is 0. The summed E-state index contributed by atoms with van der Waals surface area (Å²) in [7, 11) is 1.45. The molecule has 0 aromatic heterocycles. The molecule has 142 valence electrons. The second kappa shape index (κ2) is 20.5. The van der Waals surface area contributed by atoms with Gasteiger partial charge in [-0.1, -0.05) is 74.8 Å². The molecule has 0 aromatic rings. The lowest BCUT2D eigenvalue weighted by Gasteiger charge is -1.98. The predicted molar refractivity (Wildman–Crippen MR) is 110 cm³/mol. The number of hydrogen-bond acceptors (Lipinski definition) is 2. The van der Waals surface area contributed by atoms with Crippen LogP contribution in [0.2, 0.25) is 0 Å². The fourth-order valence-electron chi connectivity index (χ4n) is 2.37. The molecule has 0 bridgehead atoms. The molecule has 0 aliphatic heterocycles. The first kappa shape index (κ1) is 23.4. The quantitative estimate of drug-likeness (QED) is 0.169. The fraction of sp³-hybridized carbons (Fsp3) is 0.609. The summed E-state index contributed by atoms with van der Waals surface area (Å²) in [6, 6.07) is 0. The molecule has 0 saturated carbocycles. The van der Waals surface area contributed by atoms with Crippen LogP contribution in [0.5, 0.6) is 0 Å². The van der Waals surface area contributed by atoms with E-state index in [-0.39, 0.29) is 5.97 Å². The average Bonchev–Trinajstić information content (AvgIpc) is 2.63. The lowest BCUT2D eigenvalue weighted by atomic mass is 10.1. The van der Waals surface area contributed by atoms with Crippen LogP contribution in [0.15, 0.2) is 48.6 Å². The van der Waals surface area contributed by atoms with Gasteiger partial charge in [-0.3, -0.25) is 4.79 Å². The Labute approximate surface area is 155 Å². The van der Waals surface area contributed by atoms with Crippen LogP contribution in [-0.4, -0.2) is 13.1 Å². The largest absolute Gasteiger partial charge is 0.469 e. The standard InChI is InChI=1S/C23H38O2/c1-3-4-5-6-7-8-9-10-11-12-13-14-15-16-17-18-19-20-21-22-23(24)25-2/h7-8,10-11,13-14,16-17H,3-6,9,12,15,18-22H2,1-2H3/b8-7-,11-10-,14-13-,17-16-. The number of unbranched alkanes of at least 4 members (excludes halogenated alkanes) is 6.